The normalized spacial score (nSPS) is 11.0. The van der Waals surface area contributed by atoms with Gasteiger partial charge in [-0.15, -0.1) is 12.4 Å². The number of rotatable bonds is 8. The van der Waals surface area contributed by atoms with E-state index >= 15 is 0 Å². The Morgan fingerprint density at radius 2 is 1.90 bits per heavy atom. The van der Waals surface area contributed by atoms with E-state index in [1.165, 1.54) is 13.2 Å². The first-order valence-electron chi connectivity index (χ1n) is 6.47. The first kappa shape index (κ1) is 20.5. The minimum absolute atomic E-state index is 0. The molecule has 0 aliphatic heterocycles. The number of nitrogens with one attached hydrogen (secondary N) is 2. The molecule has 0 aliphatic rings. The van der Waals surface area contributed by atoms with Gasteiger partial charge in [-0.2, -0.15) is 0 Å². The number of aryl methyl sites for hydroxylation is 1. The zero-order valence-electron chi connectivity index (χ0n) is 12.4. The number of sulfonamides is 1. The molecule has 0 unspecified atom stereocenters. The molecule has 1 aromatic rings. The summed E-state index contributed by atoms with van der Waals surface area (Å²) in [5.74, 6) is 0.465. The Morgan fingerprint density at radius 1 is 1.24 bits per heavy atom. The second kappa shape index (κ2) is 9.48. The highest BCUT2D eigenvalue weighted by molar-refractivity contribution is 7.89. The van der Waals surface area contributed by atoms with Crippen molar-refractivity contribution in [2.24, 2.45) is 0 Å². The highest BCUT2D eigenvalue weighted by Crippen LogP contribution is 2.29. The van der Waals surface area contributed by atoms with E-state index in [9.17, 15) is 8.42 Å². The third kappa shape index (κ3) is 6.00. The summed E-state index contributed by atoms with van der Waals surface area (Å²) in [6, 6.07) is 3.03. The van der Waals surface area contributed by atoms with Gasteiger partial charge in [-0.3, -0.25) is 0 Å². The van der Waals surface area contributed by atoms with Crippen molar-refractivity contribution in [1.82, 2.24) is 10.0 Å². The van der Waals surface area contributed by atoms with Crippen LogP contribution in [0, 0.1) is 6.92 Å². The maximum absolute atomic E-state index is 12.2. The van der Waals surface area contributed by atoms with Crippen LogP contribution < -0.4 is 14.8 Å². The lowest BCUT2D eigenvalue weighted by atomic mass is 10.2. The molecule has 5 nitrogen and oxygen atoms in total. The van der Waals surface area contributed by atoms with E-state index in [4.69, 9.17) is 16.3 Å². The number of halogens is 2. The van der Waals surface area contributed by atoms with Crippen molar-refractivity contribution in [2.75, 3.05) is 26.7 Å². The smallest absolute Gasteiger partial charge is 0.240 e. The van der Waals surface area contributed by atoms with Gasteiger partial charge in [-0.05, 0) is 37.6 Å². The van der Waals surface area contributed by atoms with Gasteiger partial charge in [0.1, 0.15) is 5.75 Å². The van der Waals surface area contributed by atoms with Crippen molar-refractivity contribution < 1.29 is 13.2 Å². The fourth-order valence-electron chi connectivity index (χ4n) is 1.74. The van der Waals surface area contributed by atoms with Crippen LogP contribution in [-0.4, -0.2) is 35.2 Å². The van der Waals surface area contributed by atoms with Gasteiger partial charge in [0, 0.05) is 13.1 Å². The third-order valence-electron chi connectivity index (χ3n) is 2.76. The molecule has 0 fully saturated rings. The lowest BCUT2D eigenvalue weighted by Gasteiger charge is -2.12. The number of hydrogen-bond acceptors (Lipinski definition) is 4. The predicted octanol–water partition coefficient (Wildman–Crippen LogP) is 2.36. The van der Waals surface area contributed by atoms with Crippen molar-refractivity contribution >= 4 is 34.0 Å². The predicted molar refractivity (Wildman–Crippen MR) is 88.3 cm³/mol. The molecule has 0 heterocycles. The first-order valence-corrected chi connectivity index (χ1v) is 8.33. The molecule has 0 aliphatic carbocycles. The van der Waals surface area contributed by atoms with Crippen LogP contribution in [0.5, 0.6) is 5.75 Å². The Balaban J connectivity index is 0.00000400. The van der Waals surface area contributed by atoms with Crippen LogP contribution in [0.3, 0.4) is 0 Å². The molecular formula is C13H22Cl2N2O3S. The van der Waals surface area contributed by atoms with Gasteiger partial charge in [0.15, 0.2) is 0 Å². The summed E-state index contributed by atoms with van der Waals surface area (Å²) in [6.45, 7) is 5.57. The minimum Gasteiger partial charge on any atom is -0.495 e. The van der Waals surface area contributed by atoms with Crippen molar-refractivity contribution in [3.05, 3.63) is 22.7 Å². The average Bonchev–Trinajstić information content (AvgIpc) is 2.40. The molecule has 0 atom stereocenters. The lowest BCUT2D eigenvalue weighted by molar-refractivity contribution is 0.414. The van der Waals surface area contributed by atoms with Crippen LogP contribution in [-0.2, 0) is 10.0 Å². The standard InChI is InChI=1S/C13H21ClN2O3S.ClH/c1-4-5-15-6-7-16-20(17,18)13-9-11(14)12(19-3)8-10(13)2;/h8-9,15-16H,4-7H2,1-3H3;1H. The molecule has 0 saturated heterocycles. The van der Waals surface area contributed by atoms with E-state index in [0.717, 1.165) is 13.0 Å². The number of ether oxygens (including phenoxy) is 1. The van der Waals surface area contributed by atoms with E-state index in [-0.39, 0.29) is 22.3 Å². The van der Waals surface area contributed by atoms with Gasteiger partial charge in [0.05, 0.1) is 17.0 Å². The Hall–Kier alpha value is -0.530. The summed E-state index contributed by atoms with van der Waals surface area (Å²) in [5.41, 5.74) is 0.597. The molecule has 1 aromatic carbocycles. The van der Waals surface area contributed by atoms with E-state index in [1.807, 2.05) is 0 Å². The molecule has 0 spiro atoms. The molecule has 0 radical (unpaired) electrons. The lowest BCUT2D eigenvalue weighted by Crippen LogP contribution is -2.32. The monoisotopic (exact) mass is 356 g/mol. The minimum atomic E-state index is -3.56. The Bertz CT molecular complexity index is 551. The fourth-order valence-corrected chi connectivity index (χ4v) is 3.32. The maximum Gasteiger partial charge on any atom is 0.240 e. The van der Waals surface area contributed by atoms with Gasteiger partial charge in [0.25, 0.3) is 0 Å². The summed E-state index contributed by atoms with van der Waals surface area (Å²) in [5, 5.41) is 3.41. The quantitative estimate of drug-likeness (QED) is 0.701. The maximum atomic E-state index is 12.2. The Morgan fingerprint density at radius 3 is 2.48 bits per heavy atom. The molecule has 0 bridgehead atoms. The highest BCUT2D eigenvalue weighted by Gasteiger charge is 2.18. The zero-order chi connectivity index (χ0) is 15.2. The van der Waals surface area contributed by atoms with Crippen molar-refractivity contribution in [3.8, 4) is 5.75 Å². The molecule has 1 rings (SSSR count). The van der Waals surface area contributed by atoms with Crippen LogP contribution in [0.25, 0.3) is 0 Å². The molecule has 0 aromatic heterocycles. The first-order chi connectivity index (χ1) is 9.42. The zero-order valence-corrected chi connectivity index (χ0v) is 14.8. The van der Waals surface area contributed by atoms with Crippen molar-refractivity contribution in [3.63, 3.8) is 0 Å². The second-order valence-corrected chi connectivity index (χ2v) is 6.54. The molecule has 21 heavy (non-hydrogen) atoms. The van der Waals surface area contributed by atoms with Gasteiger partial charge < -0.3 is 10.1 Å². The Kier molecular flexibility index (Phi) is 9.24. The van der Waals surface area contributed by atoms with Crippen LogP contribution in [0.2, 0.25) is 5.02 Å². The SMILES string of the molecule is CCCNCCNS(=O)(=O)c1cc(Cl)c(OC)cc1C.Cl. The van der Waals surface area contributed by atoms with Gasteiger partial charge >= 0.3 is 0 Å². The van der Waals surface area contributed by atoms with Crippen LogP contribution in [0.4, 0.5) is 0 Å². The fraction of sp³-hybridized carbons (Fsp3) is 0.538. The van der Waals surface area contributed by atoms with Gasteiger partial charge in [-0.25, -0.2) is 13.1 Å². The van der Waals surface area contributed by atoms with Crippen LogP contribution >= 0.6 is 24.0 Å². The van der Waals surface area contributed by atoms with E-state index < -0.39 is 10.0 Å². The molecule has 0 amide bonds. The molecule has 2 N–H and O–H groups in total. The summed E-state index contributed by atoms with van der Waals surface area (Å²) in [4.78, 5) is 0.179. The summed E-state index contributed by atoms with van der Waals surface area (Å²) >= 11 is 5.98. The second-order valence-electron chi connectivity index (χ2n) is 4.40. The Labute approximate surface area is 137 Å². The van der Waals surface area contributed by atoms with Gasteiger partial charge in [-0.1, -0.05) is 18.5 Å². The van der Waals surface area contributed by atoms with Crippen LogP contribution in [0.1, 0.15) is 18.9 Å². The number of benzene rings is 1. The van der Waals surface area contributed by atoms with Gasteiger partial charge in [0.2, 0.25) is 10.0 Å². The summed E-state index contributed by atoms with van der Waals surface area (Å²) in [6.07, 6.45) is 1.01. The summed E-state index contributed by atoms with van der Waals surface area (Å²) in [7, 11) is -2.06. The highest BCUT2D eigenvalue weighted by atomic mass is 35.5. The largest absolute Gasteiger partial charge is 0.495 e. The van der Waals surface area contributed by atoms with Crippen molar-refractivity contribution in [1.29, 1.82) is 0 Å². The van der Waals surface area contributed by atoms with E-state index in [0.29, 0.717) is 24.4 Å². The molecular weight excluding hydrogens is 335 g/mol. The molecule has 8 heteroatoms. The topological polar surface area (TPSA) is 67.4 Å². The summed E-state index contributed by atoms with van der Waals surface area (Å²) < 4.78 is 32.0. The third-order valence-corrected chi connectivity index (χ3v) is 4.66. The van der Waals surface area contributed by atoms with E-state index in [2.05, 4.69) is 17.0 Å². The average molecular weight is 357 g/mol. The number of hydrogen-bond donors (Lipinski definition) is 2. The molecule has 122 valence electrons. The van der Waals surface area contributed by atoms with Crippen LogP contribution in [0.15, 0.2) is 17.0 Å². The number of methoxy groups -OCH3 is 1. The van der Waals surface area contributed by atoms with Crippen molar-refractivity contribution in [2.45, 2.75) is 25.2 Å². The van der Waals surface area contributed by atoms with E-state index in [1.54, 1.807) is 13.0 Å². The molecule has 0 saturated carbocycles.